The van der Waals surface area contributed by atoms with Gasteiger partial charge in [0.15, 0.2) is 11.6 Å². The van der Waals surface area contributed by atoms with Crippen molar-refractivity contribution in [2.24, 2.45) is 0 Å². The molecular formula is C19H15F2NO3S. The lowest BCUT2D eigenvalue weighted by Crippen LogP contribution is -2.13. The highest BCUT2D eigenvalue weighted by atomic mass is 32.2. The summed E-state index contributed by atoms with van der Waals surface area (Å²) >= 11 is 0. The van der Waals surface area contributed by atoms with Gasteiger partial charge in [0, 0.05) is 5.69 Å². The Labute approximate surface area is 150 Å². The second-order valence-electron chi connectivity index (χ2n) is 5.48. The third kappa shape index (κ3) is 4.37. The number of anilines is 1. The molecule has 0 saturated carbocycles. The Balaban J connectivity index is 1.67. The van der Waals surface area contributed by atoms with Crippen molar-refractivity contribution in [3.8, 4) is 5.75 Å². The lowest BCUT2D eigenvalue weighted by atomic mass is 10.2. The van der Waals surface area contributed by atoms with Gasteiger partial charge in [0.1, 0.15) is 12.4 Å². The average Bonchev–Trinajstić information content (AvgIpc) is 2.64. The lowest BCUT2D eigenvalue weighted by Gasteiger charge is -2.10. The number of nitrogens with one attached hydrogen (secondary N) is 1. The van der Waals surface area contributed by atoms with Crippen molar-refractivity contribution in [2.75, 3.05) is 4.72 Å². The van der Waals surface area contributed by atoms with Crippen molar-refractivity contribution in [1.29, 1.82) is 0 Å². The van der Waals surface area contributed by atoms with Crippen LogP contribution in [-0.2, 0) is 16.6 Å². The van der Waals surface area contributed by atoms with Crippen LogP contribution in [0.2, 0.25) is 0 Å². The summed E-state index contributed by atoms with van der Waals surface area (Å²) < 4.78 is 58.6. The van der Waals surface area contributed by atoms with E-state index in [1.54, 1.807) is 12.1 Å². The maximum absolute atomic E-state index is 13.2. The van der Waals surface area contributed by atoms with Crippen LogP contribution < -0.4 is 9.46 Å². The van der Waals surface area contributed by atoms with Crippen LogP contribution in [0.3, 0.4) is 0 Å². The first-order chi connectivity index (χ1) is 12.4. The quantitative estimate of drug-likeness (QED) is 0.697. The standard InChI is InChI=1S/C19H15F2NO3S/c20-18-11-10-17(12-19(18)21)26(23,24)22-15-6-8-16(9-7-15)25-13-14-4-2-1-3-5-14/h1-12,22H,13H2. The molecule has 7 heteroatoms. The predicted octanol–water partition coefficient (Wildman–Crippen LogP) is 4.34. The number of hydrogen-bond acceptors (Lipinski definition) is 3. The van der Waals surface area contributed by atoms with Crippen molar-refractivity contribution < 1.29 is 21.9 Å². The largest absolute Gasteiger partial charge is 0.489 e. The first-order valence-electron chi connectivity index (χ1n) is 7.69. The number of ether oxygens (including phenoxy) is 1. The van der Waals surface area contributed by atoms with Crippen LogP contribution in [0.15, 0.2) is 77.7 Å². The third-order valence-electron chi connectivity index (χ3n) is 3.56. The Hall–Kier alpha value is -2.93. The van der Waals surface area contributed by atoms with E-state index < -0.39 is 21.7 Å². The molecule has 3 aromatic rings. The van der Waals surface area contributed by atoms with Crippen LogP contribution in [0, 0.1) is 11.6 Å². The van der Waals surface area contributed by atoms with Crippen LogP contribution in [0.25, 0.3) is 0 Å². The van der Waals surface area contributed by atoms with Gasteiger partial charge in [-0.2, -0.15) is 0 Å². The summed E-state index contributed by atoms with van der Waals surface area (Å²) in [5.74, 6) is -1.76. The van der Waals surface area contributed by atoms with Crippen LogP contribution in [0.5, 0.6) is 5.75 Å². The third-order valence-corrected chi connectivity index (χ3v) is 4.94. The van der Waals surface area contributed by atoms with Gasteiger partial charge in [-0.3, -0.25) is 4.72 Å². The molecule has 0 saturated heterocycles. The maximum atomic E-state index is 13.2. The normalized spacial score (nSPS) is 11.2. The SMILES string of the molecule is O=S(=O)(Nc1ccc(OCc2ccccc2)cc1)c1ccc(F)c(F)c1. The van der Waals surface area contributed by atoms with E-state index in [2.05, 4.69) is 4.72 Å². The fraction of sp³-hybridized carbons (Fsp3) is 0.0526. The zero-order valence-electron chi connectivity index (χ0n) is 13.5. The predicted molar refractivity (Wildman–Crippen MR) is 94.4 cm³/mol. The van der Waals surface area contributed by atoms with E-state index in [9.17, 15) is 17.2 Å². The number of halogens is 2. The molecule has 0 spiro atoms. The molecule has 26 heavy (non-hydrogen) atoms. The van der Waals surface area contributed by atoms with E-state index in [-0.39, 0.29) is 10.6 Å². The Kier molecular flexibility index (Phi) is 5.18. The minimum atomic E-state index is -4.02. The van der Waals surface area contributed by atoms with E-state index in [1.807, 2.05) is 30.3 Å². The van der Waals surface area contributed by atoms with E-state index >= 15 is 0 Å². The summed E-state index contributed by atoms with van der Waals surface area (Å²) in [6, 6.07) is 18.3. The smallest absolute Gasteiger partial charge is 0.261 e. The summed E-state index contributed by atoms with van der Waals surface area (Å²) in [5.41, 5.74) is 1.29. The molecule has 0 aliphatic rings. The van der Waals surface area contributed by atoms with Crippen LogP contribution in [0.1, 0.15) is 5.56 Å². The zero-order valence-corrected chi connectivity index (χ0v) is 14.3. The van der Waals surface area contributed by atoms with Gasteiger partial charge >= 0.3 is 0 Å². The van der Waals surface area contributed by atoms with Crippen molar-refractivity contribution in [2.45, 2.75) is 11.5 Å². The summed E-state index contributed by atoms with van der Waals surface area (Å²) in [6.07, 6.45) is 0. The summed E-state index contributed by atoms with van der Waals surface area (Å²) in [5, 5.41) is 0. The monoisotopic (exact) mass is 375 g/mol. The van der Waals surface area contributed by atoms with Crippen molar-refractivity contribution >= 4 is 15.7 Å². The number of hydrogen-bond donors (Lipinski definition) is 1. The van der Waals surface area contributed by atoms with Gasteiger partial charge < -0.3 is 4.74 Å². The molecule has 0 radical (unpaired) electrons. The molecule has 3 rings (SSSR count). The van der Waals surface area contributed by atoms with Crippen LogP contribution in [-0.4, -0.2) is 8.42 Å². The van der Waals surface area contributed by atoms with Crippen molar-refractivity contribution in [3.63, 3.8) is 0 Å². The molecule has 0 heterocycles. The molecule has 0 fully saturated rings. The molecule has 0 aliphatic heterocycles. The van der Waals surface area contributed by atoms with Gasteiger partial charge in [-0.15, -0.1) is 0 Å². The van der Waals surface area contributed by atoms with Gasteiger partial charge in [-0.05, 0) is 48.0 Å². The van der Waals surface area contributed by atoms with Crippen LogP contribution >= 0.6 is 0 Å². The Bertz CT molecular complexity index is 991. The van der Waals surface area contributed by atoms with Crippen molar-refractivity contribution in [3.05, 3.63) is 90.0 Å². The minimum Gasteiger partial charge on any atom is -0.489 e. The summed E-state index contributed by atoms with van der Waals surface area (Å²) in [4.78, 5) is -0.360. The molecular weight excluding hydrogens is 360 g/mol. The highest BCUT2D eigenvalue weighted by molar-refractivity contribution is 7.92. The average molecular weight is 375 g/mol. The molecule has 4 nitrogen and oxygen atoms in total. The Morgan fingerprint density at radius 3 is 2.19 bits per heavy atom. The van der Waals surface area contributed by atoms with Gasteiger partial charge in [-0.1, -0.05) is 30.3 Å². The molecule has 0 bridgehead atoms. The summed E-state index contributed by atoms with van der Waals surface area (Å²) in [7, 11) is -4.02. The molecule has 0 amide bonds. The number of rotatable bonds is 6. The molecule has 0 aromatic heterocycles. The molecule has 0 unspecified atom stereocenters. The van der Waals surface area contributed by atoms with Crippen LogP contribution in [0.4, 0.5) is 14.5 Å². The molecule has 0 atom stereocenters. The Morgan fingerprint density at radius 1 is 0.846 bits per heavy atom. The maximum Gasteiger partial charge on any atom is 0.261 e. The fourth-order valence-electron chi connectivity index (χ4n) is 2.22. The number of benzene rings is 3. The minimum absolute atomic E-state index is 0.279. The lowest BCUT2D eigenvalue weighted by molar-refractivity contribution is 0.306. The molecule has 0 aliphatic carbocycles. The van der Waals surface area contributed by atoms with Gasteiger partial charge in [0.05, 0.1) is 4.90 Å². The first kappa shape index (κ1) is 17.9. The number of sulfonamides is 1. The van der Waals surface area contributed by atoms with Gasteiger partial charge in [0.2, 0.25) is 0 Å². The van der Waals surface area contributed by atoms with Gasteiger partial charge in [-0.25, -0.2) is 17.2 Å². The highest BCUT2D eigenvalue weighted by Crippen LogP contribution is 2.21. The second-order valence-corrected chi connectivity index (χ2v) is 7.16. The van der Waals surface area contributed by atoms with E-state index in [1.165, 1.54) is 12.1 Å². The second kappa shape index (κ2) is 7.53. The molecule has 1 N–H and O–H groups in total. The topological polar surface area (TPSA) is 55.4 Å². The highest BCUT2D eigenvalue weighted by Gasteiger charge is 2.16. The molecule has 134 valence electrons. The van der Waals surface area contributed by atoms with Crippen molar-refractivity contribution in [1.82, 2.24) is 0 Å². The molecule has 3 aromatic carbocycles. The first-order valence-corrected chi connectivity index (χ1v) is 9.17. The van der Waals surface area contributed by atoms with E-state index in [4.69, 9.17) is 4.74 Å². The van der Waals surface area contributed by atoms with E-state index in [0.717, 1.165) is 17.7 Å². The zero-order chi connectivity index (χ0) is 18.6. The Morgan fingerprint density at radius 2 is 1.54 bits per heavy atom. The van der Waals surface area contributed by atoms with E-state index in [0.29, 0.717) is 18.4 Å². The summed E-state index contributed by atoms with van der Waals surface area (Å²) in [6.45, 7) is 0.390. The van der Waals surface area contributed by atoms with Gasteiger partial charge in [0.25, 0.3) is 10.0 Å². The fourth-order valence-corrected chi connectivity index (χ4v) is 3.29.